The molecule has 0 saturated heterocycles. The lowest BCUT2D eigenvalue weighted by atomic mass is 10.2. The van der Waals surface area contributed by atoms with E-state index in [1.807, 2.05) is 47.9 Å². The molecule has 0 spiro atoms. The van der Waals surface area contributed by atoms with Crippen LogP contribution >= 0.6 is 23.4 Å². The van der Waals surface area contributed by atoms with Crippen molar-refractivity contribution in [1.82, 2.24) is 20.1 Å². The summed E-state index contributed by atoms with van der Waals surface area (Å²) in [4.78, 5) is 12.3. The minimum Gasteiger partial charge on any atom is -0.497 e. The minimum absolute atomic E-state index is 0.0783. The Hall–Kier alpha value is -2.71. The van der Waals surface area contributed by atoms with Crippen molar-refractivity contribution in [3.8, 4) is 11.5 Å². The van der Waals surface area contributed by atoms with Crippen molar-refractivity contribution >= 4 is 29.3 Å². The third kappa shape index (κ3) is 6.40. The molecular formula is C23H27ClN4O3S. The summed E-state index contributed by atoms with van der Waals surface area (Å²) in [6.45, 7) is 6.48. The average Bonchev–Trinajstić information content (AvgIpc) is 3.22. The van der Waals surface area contributed by atoms with Gasteiger partial charge in [0.25, 0.3) is 0 Å². The zero-order chi connectivity index (χ0) is 23.1. The van der Waals surface area contributed by atoms with Crippen LogP contribution in [0.1, 0.15) is 44.3 Å². The molecule has 0 aliphatic rings. The van der Waals surface area contributed by atoms with Crippen LogP contribution in [-0.4, -0.2) is 33.5 Å². The number of thioether (sulfide) groups is 1. The van der Waals surface area contributed by atoms with Crippen LogP contribution in [0.3, 0.4) is 0 Å². The minimum atomic E-state index is -0.329. The fraction of sp³-hybridized carbons (Fsp3) is 0.348. The van der Waals surface area contributed by atoms with Crippen LogP contribution in [0.5, 0.6) is 11.5 Å². The van der Waals surface area contributed by atoms with Gasteiger partial charge in [0.05, 0.1) is 12.9 Å². The second-order valence-electron chi connectivity index (χ2n) is 7.44. The smallest absolute Gasteiger partial charge is 0.230 e. The molecule has 1 atom stereocenters. The van der Waals surface area contributed by atoms with E-state index in [9.17, 15) is 4.79 Å². The number of amides is 1. The highest BCUT2D eigenvalue weighted by atomic mass is 35.5. The highest BCUT2D eigenvalue weighted by Crippen LogP contribution is 2.28. The van der Waals surface area contributed by atoms with Crippen molar-refractivity contribution < 1.29 is 14.3 Å². The van der Waals surface area contributed by atoms with E-state index in [2.05, 4.69) is 29.4 Å². The fourth-order valence-corrected chi connectivity index (χ4v) is 4.09. The summed E-state index contributed by atoms with van der Waals surface area (Å²) in [5, 5.41) is 12.9. The van der Waals surface area contributed by atoms with E-state index >= 15 is 0 Å². The molecule has 0 radical (unpaired) electrons. The van der Waals surface area contributed by atoms with Crippen molar-refractivity contribution in [1.29, 1.82) is 0 Å². The monoisotopic (exact) mass is 474 g/mol. The molecule has 3 rings (SSSR count). The van der Waals surface area contributed by atoms with Gasteiger partial charge in [-0.05, 0) is 50.6 Å². The molecule has 1 heterocycles. The summed E-state index contributed by atoms with van der Waals surface area (Å²) < 4.78 is 13.3. The number of hydrogen-bond donors (Lipinski definition) is 1. The van der Waals surface area contributed by atoms with Gasteiger partial charge in [-0.25, -0.2) is 0 Å². The van der Waals surface area contributed by atoms with E-state index in [0.29, 0.717) is 28.3 Å². The molecule has 0 aliphatic heterocycles. The number of rotatable bonds is 10. The highest BCUT2D eigenvalue weighted by Gasteiger charge is 2.22. The van der Waals surface area contributed by atoms with Crippen molar-refractivity contribution in [2.24, 2.45) is 0 Å². The second-order valence-corrected chi connectivity index (χ2v) is 8.81. The summed E-state index contributed by atoms with van der Waals surface area (Å²) in [6.07, 6.45) is -0.329. The lowest BCUT2D eigenvalue weighted by Gasteiger charge is -2.19. The summed E-state index contributed by atoms with van der Waals surface area (Å²) >= 11 is 7.25. The van der Waals surface area contributed by atoms with Crippen LogP contribution in [0.4, 0.5) is 0 Å². The van der Waals surface area contributed by atoms with Gasteiger partial charge in [-0.15, -0.1) is 10.2 Å². The highest BCUT2D eigenvalue weighted by molar-refractivity contribution is 7.99. The zero-order valence-corrected chi connectivity index (χ0v) is 20.1. The van der Waals surface area contributed by atoms with Crippen LogP contribution in [0.15, 0.2) is 53.7 Å². The maximum Gasteiger partial charge on any atom is 0.230 e. The van der Waals surface area contributed by atoms with E-state index in [1.54, 1.807) is 19.2 Å². The van der Waals surface area contributed by atoms with Gasteiger partial charge in [-0.3, -0.25) is 4.79 Å². The molecule has 7 nitrogen and oxygen atoms in total. The van der Waals surface area contributed by atoms with Crippen LogP contribution in [0, 0.1) is 0 Å². The molecule has 0 fully saturated rings. The molecule has 1 amide bonds. The van der Waals surface area contributed by atoms with E-state index in [0.717, 1.165) is 11.3 Å². The van der Waals surface area contributed by atoms with Crippen LogP contribution in [-0.2, 0) is 11.3 Å². The first-order valence-electron chi connectivity index (χ1n) is 10.3. The summed E-state index contributed by atoms with van der Waals surface area (Å²) in [5.74, 6) is 2.27. The van der Waals surface area contributed by atoms with Crippen LogP contribution < -0.4 is 14.8 Å². The lowest BCUT2D eigenvalue weighted by Crippen LogP contribution is -2.24. The Bertz CT molecular complexity index is 1040. The predicted molar refractivity (Wildman–Crippen MR) is 126 cm³/mol. The summed E-state index contributed by atoms with van der Waals surface area (Å²) in [7, 11) is 1.62. The number of hydrogen-bond acceptors (Lipinski definition) is 6. The van der Waals surface area contributed by atoms with Gasteiger partial charge in [0.2, 0.25) is 5.91 Å². The van der Waals surface area contributed by atoms with E-state index in [1.165, 1.54) is 11.8 Å². The first-order valence-corrected chi connectivity index (χ1v) is 11.6. The third-order valence-electron chi connectivity index (χ3n) is 4.66. The zero-order valence-electron chi connectivity index (χ0n) is 18.5. The molecular weight excluding hydrogens is 448 g/mol. The van der Waals surface area contributed by atoms with Gasteiger partial charge in [-0.1, -0.05) is 41.6 Å². The molecule has 3 aromatic rings. The maximum absolute atomic E-state index is 12.3. The van der Waals surface area contributed by atoms with Gasteiger partial charge in [-0.2, -0.15) is 0 Å². The summed E-state index contributed by atoms with van der Waals surface area (Å²) in [6, 6.07) is 14.9. The number of ether oxygens (including phenoxy) is 2. The molecule has 1 aromatic heterocycles. The fourth-order valence-electron chi connectivity index (χ4n) is 3.06. The second kappa shape index (κ2) is 11.2. The van der Waals surface area contributed by atoms with Crippen LogP contribution in [0.25, 0.3) is 0 Å². The van der Waals surface area contributed by atoms with E-state index in [4.69, 9.17) is 21.1 Å². The number of nitrogens with one attached hydrogen (secondary N) is 1. The van der Waals surface area contributed by atoms with Crippen LogP contribution in [0.2, 0.25) is 5.02 Å². The molecule has 0 saturated carbocycles. The maximum atomic E-state index is 12.3. The third-order valence-corrected chi connectivity index (χ3v) is 5.86. The molecule has 2 aromatic carbocycles. The predicted octanol–water partition coefficient (Wildman–Crippen LogP) is 5.07. The molecule has 9 heteroatoms. The Morgan fingerprint density at radius 2 is 1.84 bits per heavy atom. The normalized spacial score (nSPS) is 11.9. The van der Waals surface area contributed by atoms with Crippen molar-refractivity contribution in [2.75, 3.05) is 12.9 Å². The lowest BCUT2D eigenvalue weighted by molar-refractivity contribution is -0.118. The SMILES string of the molecule is COc1cccc(OC(C)c2nnc(SCC(=O)NCc3ccc(Cl)cc3)n2C(C)C)c1. The quantitative estimate of drug-likeness (QED) is 0.413. The largest absolute Gasteiger partial charge is 0.497 e. The van der Waals surface area contributed by atoms with Crippen molar-refractivity contribution in [2.45, 2.75) is 44.6 Å². The number of carbonyl (C=O) groups is 1. The number of carbonyl (C=O) groups excluding carboxylic acids is 1. The Morgan fingerprint density at radius 1 is 1.12 bits per heavy atom. The van der Waals surface area contributed by atoms with Gasteiger partial charge in [0, 0.05) is 23.7 Å². The first-order chi connectivity index (χ1) is 15.4. The standard InChI is InChI=1S/C23H27ClN4O3S/c1-15(2)28-22(16(3)31-20-7-5-6-19(12-20)30-4)26-27-23(28)32-14-21(29)25-13-17-8-10-18(24)11-9-17/h5-12,15-16H,13-14H2,1-4H3,(H,25,29). The van der Waals surface area contributed by atoms with Crippen molar-refractivity contribution in [3.63, 3.8) is 0 Å². The Kier molecular flexibility index (Phi) is 8.41. The topological polar surface area (TPSA) is 78.3 Å². The van der Waals surface area contributed by atoms with E-state index < -0.39 is 0 Å². The van der Waals surface area contributed by atoms with Gasteiger partial charge in [0.1, 0.15) is 11.5 Å². The first kappa shape index (κ1) is 23.9. The molecule has 170 valence electrons. The average molecular weight is 475 g/mol. The van der Waals surface area contributed by atoms with Gasteiger partial charge in [0.15, 0.2) is 17.1 Å². The molecule has 1 N–H and O–H groups in total. The summed E-state index contributed by atoms with van der Waals surface area (Å²) in [5.41, 5.74) is 0.990. The molecule has 32 heavy (non-hydrogen) atoms. The number of nitrogens with zero attached hydrogens (tertiary/aromatic N) is 3. The molecule has 0 bridgehead atoms. The number of halogens is 1. The molecule has 0 aliphatic carbocycles. The Morgan fingerprint density at radius 3 is 2.53 bits per heavy atom. The van der Waals surface area contributed by atoms with Gasteiger partial charge < -0.3 is 19.4 Å². The number of methoxy groups -OCH3 is 1. The Labute approximate surface area is 197 Å². The van der Waals surface area contributed by atoms with E-state index in [-0.39, 0.29) is 23.8 Å². The molecule has 1 unspecified atom stereocenters. The van der Waals surface area contributed by atoms with Gasteiger partial charge >= 0.3 is 0 Å². The number of benzene rings is 2. The number of aromatic nitrogens is 3. The Balaban J connectivity index is 1.62. The van der Waals surface area contributed by atoms with Crippen molar-refractivity contribution in [3.05, 3.63) is 64.9 Å².